The lowest BCUT2D eigenvalue weighted by molar-refractivity contribution is 0.0577. The fourth-order valence-electron chi connectivity index (χ4n) is 2.06. The summed E-state index contributed by atoms with van der Waals surface area (Å²) in [4.78, 5) is 13.6. The lowest BCUT2D eigenvalue weighted by Crippen LogP contribution is -2.44. The SMILES string of the molecule is CN(C(=O)c1cccc(Br)c1F)[C@H]1CNC[C@@H]1O. The fraction of sp³-hybridized carbons (Fsp3) is 0.417. The zero-order valence-corrected chi connectivity index (χ0v) is 11.4. The highest BCUT2D eigenvalue weighted by Crippen LogP contribution is 2.21. The molecule has 1 heterocycles. The molecule has 98 valence electrons. The third kappa shape index (κ3) is 2.41. The lowest BCUT2D eigenvalue weighted by Gasteiger charge is -2.26. The maximum absolute atomic E-state index is 13.8. The van der Waals surface area contributed by atoms with Gasteiger partial charge in [0.15, 0.2) is 0 Å². The maximum Gasteiger partial charge on any atom is 0.256 e. The van der Waals surface area contributed by atoms with Crippen LogP contribution < -0.4 is 5.32 Å². The number of rotatable bonds is 2. The first-order valence-corrected chi connectivity index (χ1v) is 6.41. The number of carbonyl (C=O) groups excluding carboxylic acids is 1. The van der Waals surface area contributed by atoms with Crippen molar-refractivity contribution in [3.05, 3.63) is 34.1 Å². The Labute approximate surface area is 113 Å². The Hall–Kier alpha value is -0.980. The Morgan fingerprint density at radius 2 is 2.28 bits per heavy atom. The van der Waals surface area contributed by atoms with Gasteiger partial charge in [0, 0.05) is 20.1 Å². The Bertz CT molecular complexity index is 469. The van der Waals surface area contributed by atoms with E-state index in [0.717, 1.165) is 0 Å². The first kappa shape index (κ1) is 13.5. The molecule has 1 saturated heterocycles. The number of benzene rings is 1. The summed E-state index contributed by atoms with van der Waals surface area (Å²) >= 11 is 3.05. The molecular weight excluding hydrogens is 303 g/mol. The summed E-state index contributed by atoms with van der Waals surface area (Å²) in [6.45, 7) is 0.961. The summed E-state index contributed by atoms with van der Waals surface area (Å²) in [6.07, 6.45) is -0.617. The van der Waals surface area contributed by atoms with Crippen LogP contribution >= 0.6 is 15.9 Å². The molecule has 1 aliphatic heterocycles. The van der Waals surface area contributed by atoms with E-state index in [1.54, 1.807) is 13.1 Å². The van der Waals surface area contributed by atoms with Gasteiger partial charge in [-0.2, -0.15) is 0 Å². The van der Waals surface area contributed by atoms with Crippen LogP contribution in [-0.2, 0) is 0 Å². The van der Waals surface area contributed by atoms with Gasteiger partial charge in [0.1, 0.15) is 5.82 Å². The van der Waals surface area contributed by atoms with E-state index in [4.69, 9.17) is 0 Å². The number of amides is 1. The molecule has 6 heteroatoms. The average molecular weight is 317 g/mol. The zero-order valence-electron chi connectivity index (χ0n) is 9.86. The van der Waals surface area contributed by atoms with Gasteiger partial charge in [-0.25, -0.2) is 4.39 Å². The number of hydrogen-bond donors (Lipinski definition) is 2. The van der Waals surface area contributed by atoms with E-state index in [1.807, 2.05) is 0 Å². The number of β-amino-alcohol motifs (C(OH)–C–C–N with tert-alkyl or cyclic N) is 1. The van der Waals surface area contributed by atoms with Crippen LogP contribution in [0.1, 0.15) is 10.4 Å². The van der Waals surface area contributed by atoms with Crippen molar-refractivity contribution in [1.29, 1.82) is 0 Å². The third-order valence-corrected chi connectivity index (χ3v) is 3.76. The van der Waals surface area contributed by atoms with Gasteiger partial charge in [0.2, 0.25) is 0 Å². The van der Waals surface area contributed by atoms with Crippen LogP contribution in [0.2, 0.25) is 0 Å². The summed E-state index contributed by atoms with van der Waals surface area (Å²) in [5.74, 6) is -1.00. The lowest BCUT2D eigenvalue weighted by atomic mass is 10.1. The number of carbonyl (C=O) groups is 1. The Balaban J connectivity index is 2.23. The van der Waals surface area contributed by atoms with Crippen molar-refractivity contribution in [2.24, 2.45) is 0 Å². The molecule has 0 bridgehead atoms. The summed E-state index contributed by atoms with van der Waals surface area (Å²) < 4.78 is 14.1. The molecule has 1 aliphatic rings. The highest BCUT2D eigenvalue weighted by Gasteiger charge is 2.32. The Kier molecular flexibility index (Phi) is 3.99. The van der Waals surface area contributed by atoms with Crippen molar-refractivity contribution in [2.75, 3.05) is 20.1 Å². The van der Waals surface area contributed by atoms with Crippen LogP contribution in [0, 0.1) is 5.82 Å². The monoisotopic (exact) mass is 316 g/mol. The van der Waals surface area contributed by atoms with Gasteiger partial charge in [0.25, 0.3) is 5.91 Å². The van der Waals surface area contributed by atoms with Crippen LogP contribution in [0.5, 0.6) is 0 Å². The zero-order chi connectivity index (χ0) is 13.3. The molecule has 2 rings (SSSR count). The first-order chi connectivity index (χ1) is 8.52. The molecule has 4 nitrogen and oxygen atoms in total. The number of halogens is 2. The predicted molar refractivity (Wildman–Crippen MR) is 68.9 cm³/mol. The molecule has 1 amide bonds. The van der Waals surface area contributed by atoms with Gasteiger partial charge < -0.3 is 15.3 Å². The normalized spacial score (nSPS) is 23.1. The fourth-order valence-corrected chi connectivity index (χ4v) is 2.42. The molecule has 1 fully saturated rings. The number of aliphatic hydroxyl groups excluding tert-OH is 1. The van der Waals surface area contributed by atoms with E-state index in [0.29, 0.717) is 13.1 Å². The van der Waals surface area contributed by atoms with E-state index < -0.39 is 17.8 Å². The van der Waals surface area contributed by atoms with Gasteiger partial charge in [0.05, 0.1) is 22.2 Å². The first-order valence-electron chi connectivity index (χ1n) is 5.62. The number of nitrogens with zero attached hydrogens (tertiary/aromatic N) is 1. The van der Waals surface area contributed by atoms with E-state index in [9.17, 15) is 14.3 Å². The minimum atomic E-state index is -0.617. The molecule has 0 saturated carbocycles. The molecule has 0 radical (unpaired) electrons. The molecule has 0 unspecified atom stereocenters. The maximum atomic E-state index is 13.8. The highest BCUT2D eigenvalue weighted by atomic mass is 79.9. The summed E-state index contributed by atoms with van der Waals surface area (Å²) in [7, 11) is 1.57. The van der Waals surface area contributed by atoms with Crippen molar-refractivity contribution in [3.63, 3.8) is 0 Å². The smallest absolute Gasteiger partial charge is 0.256 e. The van der Waals surface area contributed by atoms with Gasteiger partial charge in [-0.15, -0.1) is 0 Å². The second-order valence-electron chi connectivity index (χ2n) is 4.31. The van der Waals surface area contributed by atoms with Gasteiger partial charge in [-0.05, 0) is 28.1 Å². The Morgan fingerprint density at radius 1 is 1.56 bits per heavy atom. The van der Waals surface area contributed by atoms with E-state index >= 15 is 0 Å². The topological polar surface area (TPSA) is 52.6 Å². The minimum absolute atomic E-state index is 0.00553. The molecule has 0 spiro atoms. The molecule has 1 aromatic carbocycles. The molecule has 1 aromatic rings. The summed E-state index contributed by atoms with van der Waals surface area (Å²) in [6, 6.07) is 4.26. The summed E-state index contributed by atoms with van der Waals surface area (Å²) in [5.41, 5.74) is 0.00553. The Morgan fingerprint density at radius 3 is 2.89 bits per heavy atom. The molecule has 18 heavy (non-hydrogen) atoms. The second-order valence-corrected chi connectivity index (χ2v) is 5.16. The molecule has 2 atom stereocenters. The van der Waals surface area contributed by atoms with Crippen LogP contribution in [0.15, 0.2) is 22.7 Å². The number of aliphatic hydroxyl groups is 1. The van der Waals surface area contributed by atoms with E-state index in [2.05, 4.69) is 21.2 Å². The second kappa shape index (κ2) is 5.34. The van der Waals surface area contributed by atoms with Crippen LogP contribution in [0.25, 0.3) is 0 Å². The number of nitrogens with one attached hydrogen (secondary N) is 1. The molecule has 0 aliphatic carbocycles. The highest BCUT2D eigenvalue weighted by molar-refractivity contribution is 9.10. The van der Waals surface area contributed by atoms with Gasteiger partial charge >= 0.3 is 0 Å². The van der Waals surface area contributed by atoms with Crippen molar-refractivity contribution in [2.45, 2.75) is 12.1 Å². The minimum Gasteiger partial charge on any atom is -0.390 e. The number of likely N-dealkylation sites (N-methyl/N-ethyl adjacent to an activating group) is 1. The van der Waals surface area contributed by atoms with E-state index in [1.165, 1.54) is 17.0 Å². The largest absolute Gasteiger partial charge is 0.390 e. The van der Waals surface area contributed by atoms with Crippen LogP contribution in [0.3, 0.4) is 0 Å². The molecule has 2 N–H and O–H groups in total. The van der Waals surface area contributed by atoms with Crippen molar-refractivity contribution < 1.29 is 14.3 Å². The van der Waals surface area contributed by atoms with Crippen molar-refractivity contribution in [3.8, 4) is 0 Å². The third-order valence-electron chi connectivity index (χ3n) is 3.15. The molecular formula is C12H14BrFN2O2. The number of hydrogen-bond acceptors (Lipinski definition) is 3. The summed E-state index contributed by atoms with van der Waals surface area (Å²) in [5, 5.41) is 12.7. The molecule has 0 aromatic heterocycles. The van der Waals surface area contributed by atoms with Gasteiger partial charge in [-0.3, -0.25) is 4.79 Å². The van der Waals surface area contributed by atoms with Gasteiger partial charge in [-0.1, -0.05) is 6.07 Å². The average Bonchev–Trinajstić information content (AvgIpc) is 2.77. The standard InChI is InChI=1S/C12H14BrFN2O2/c1-16(9-5-15-6-10(9)17)12(18)7-3-2-4-8(13)11(7)14/h2-4,9-10,15,17H,5-6H2,1H3/t9-,10-/m0/s1. The predicted octanol–water partition coefficient (Wildman–Crippen LogP) is 0.993. The van der Waals surface area contributed by atoms with Crippen LogP contribution in [-0.4, -0.2) is 48.2 Å². The van der Waals surface area contributed by atoms with Crippen molar-refractivity contribution >= 4 is 21.8 Å². The van der Waals surface area contributed by atoms with Crippen LogP contribution in [0.4, 0.5) is 4.39 Å². The van der Waals surface area contributed by atoms with E-state index in [-0.39, 0.29) is 16.1 Å². The quantitative estimate of drug-likeness (QED) is 0.855. The van der Waals surface area contributed by atoms with Crippen molar-refractivity contribution in [1.82, 2.24) is 10.2 Å².